The fourth-order valence-electron chi connectivity index (χ4n) is 1.82. The molecular formula is C12H22O4. The molecule has 0 aromatic heterocycles. The Hall–Kier alpha value is -0.450. The second kappa shape index (κ2) is 6.99. The molecule has 3 unspecified atom stereocenters. The lowest BCUT2D eigenvalue weighted by atomic mass is 9.89. The predicted molar refractivity (Wildman–Crippen MR) is 60.5 cm³/mol. The van der Waals surface area contributed by atoms with Gasteiger partial charge < -0.3 is 14.2 Å². The van der Waals surface area contributed by atoms with Crippen LogP contribution < -0.4 is 0 Å². The van der Waals surface area contributed by atoms with Gasteiger partial charge in [0.05, 0.1) is 25.4 Å². The Balaban J connectivity index is 2.24. The molecule has 0 heterocycles. The van der Waals surface area contributed by atoms with Gasteiger partial charge in [0.15, 0.2) is 5.78 Å². The highest BCUT2D eigenvalue weighted by atomic mass is 16.6. The fraction of sp³-hybridized carbons (Fsp3) is 0.917. The van der Waals surface area contributed by atoms with Gasteiger partial charge in [-0.25, -0.2) is 0 Å². The first-order valence-electron chi connectivity index (χ1n) is 5.97. The molecule has 0 amide bonds. The number of methoxy groups -OCH3 is 1. The van der Waals surface area contributed by atoms with Crippen molar-refractivity contribution in [2.24, 2.45) is 0 Å². The van der Waals surface area contributed by atoms with Crippen LogP contribution in [0.4, 0.5) is 0 Å². The van der Waals surface area contributed by atoms with E-state index >= 15 is 0 Å². The van der Waals surface area contributed by atoms with Crippen molar-refractivity contribution in [2.45, 2.75) is 51.4 Å². The lowest BCUT2D eigenvalue weighted by Crippen LogP contribution is -2.51. The second-order valence-corrected chi connectivity index (χ2v) is 4.23. The molecule has 4 nitrogen and oxygen atoms in total. The summed E-state index contributed by atoms with van der Waals surface area (Å²) >= 11 is 0. The molecule has 1 fully saturated rings. The average molecular weight is 230 g/mol. The van der Waals surface area contributed by atoms with Crippen LogP contribution in [0.2, 0.25) is 0 Å². The van der Waals surface area contributed by atoms with Crippen LogP contribution in [0.25, 0.3) is 0 Å². The number of carbonyl (C=O) groups excluding carboxylic acids is 1. The number of Topliss-reactive ketones (excluding diaryl/α,β-unsaturated/α-hetero) is 1. The van der Waals surface area contributed by atoms with Crippen LogP contribution >= 0.6 is 0 Å². The van der Waals surface area contributed by atoms with Gasteiger partial charge in [-0.1, -0.05) is 13.3 Å². The maximum Gasteiger partial charge on any atom is 0.166 e. The van der Waals surface area contributed by atoms with Gasteiger partial charge in [-0.05, 0) is 13.3 Å². The van der Waals surface area contributed by atoms with Crippen molar-refractivity contribution < 1.29 is 19.0 Å². The molecule has 1 rings (SSSR count). The molecule has 1 aliphatic carbocycles. The van der Waals surface area contributed by atoms with Crippen molar-refractivity contribution >= 4 is 5.78 Å². The Morgan fingerprint density at radius 2 is 2.19 bits per heavy atom. The Morgan fingerprint density at radius 3 is 2.75 bits per heavy atom. The number of ether oxygens (including phenoxy) is 3. The quantitative estimate of drug-likeness (QED) is 0.594. The second-order valence-electron chi connectivity index (χ2n) is 4.23. The zero-order valence-corrected chi connectivity index (χ0v) is 10.4. The summed E-state index contributed by atoms with van der Waals surface area (Å²) in [5.41, 5.74) is 0. The van der Waals surface area contributed by atoms with E-state index in [4.69, 9.17) is 14.2 Å². The third-order valence-corrected chi connectivity index (χ3v) is 2.74. The summed E-state index contributed by atoms with van der Waals surface area (Å²) < 4.78 is 16.1. The SMILES string of the molecule is CCCC(C)OC1CC(=O)C1OCCOC. The Kier molecular flexibility index (Phi) is 5.95. The summed E-state index contributed by atoms with van der Waals surface area (Å²) in [6.07, 6.45) is 2.40. The average Bonchev–Trinajstić information content (AvgIpc) is 2.24. The molecule has 1 saturated carbocycles. The van der Waals surface area contributed by atoms with Gasteiger partial charge in [0.1, 0.15) is 6.10 Å². The fourth-order valence-corrected chi connectivity index (χ4v) is 1.82. The van der Waals surface area contributed by atoms with Crippen molar-refractivity contribution in [2.75, 3.05) is 20.3 Å². The summed E-state index contributed by atoms with van der Waals surface area (Å²) in [4.78, 5) is 11.3. The maximum absolute atomic E-state index is 11.3. The van der Waals surface area contributed by atoms with Crippen LogP contribution in [0.3, 0.4) is 0 Å². The smallest absolute Gasteiger partial charge is 0.166 e. The normalized spacial score (nSPS) is 26.6. The third-order valence-electron chi connectivity index (χ3n) is 2.74. The monoisotopic (exact) mass is 230 g/mol. The van der Waals surface area contributed by atoms with Crippen LogP contribution in [0.1, 0.15) is 33.1 Å². The first kappa shape index (κ1) is 13.6. The van der Waals surface area contributed by atoms with Gasteiger partial charge >= 0.3 is 0 Å². The van der Waals surface area contributed by atoms with E-state index in [9.17, 15) is 4.79 Å². The first-order chi connectivity index (χ1) is 7.69. The van der Waals surface area contributed by atoms with Crippen LogP contribution in [-0.2, 0) is 19.0 Å². The van der Waals surface area contributed by atoms with Crippen LogP contribution in [0, 0.1) is 0 Å². The van der Waals surface area contributed by atoms with E-state index in [2.05, 4.69) is 6.92 Å². The Bertz CT molecular complexity index is 217. The van der Waals surface area contributed by atoms with Gasteiger partial charge in [-0.15, -0.1) is 0 Å². The molecule has 0 spiro atoms. The van der Waals surface area contributed by atoms with Crippen LogP contribution in [0.15, 0.2) is 0 Å². The van der Waals surface area contributed by atoms with Gasteiger partial charge in [0.25, 0.3) is 0 Å². The number of ketones is 1. The van der Waals surface area contributed by atoms with E-state index in [0.29, 0.717) is 19.6 Å². The molecule has 4 heteroatoms. The van der Waals surface area contributed by atoms with E-state index < -0.39 is 0 Å². The van der Waals surface area contributed by atoms with Gasteiger partial charge in [0, 0.05) is 13.5 Å². The minimum absolute atomic E-state index is 0.0501. The third kappa shape index (κ3) is 3.85. The number of carbonyl (C=O) groups is 1. The molecule has 0 N–H and O–H groups in total. The largest absolute Gasteiger partial charge is 0.382 e. The van der Waals surface area contributed by atoms with Crippen LogP contribution in [-0.4, -0.2) is 44.4 Å². The van der Waals surface area contributed by atoms with Crippen molar-refractivity contribution in [1.82, 2.24) is 0 Å². The highest BCUT2D eigenvalue weighted by molar-refractivity contribution is 5.90. The molecule has 0 radical (unpaired) electrons. The maximum atomic E-state index is 11.3. The first-order valence-corrected chi connectivity index (χ1v) is 5.97. The van der Waals surface area contributed by atoms with Crippen molar-refractivity contribution in [3.05, 3.63) is 0 Å². The minimum atomic E-state index is -0.366. The van der Waals surface area contributed by atoms with Gasteiger partial charge in [-0.2, -0.15) is 0 Å². The van der Waals surface area contributed by atoms with E-state index in [1.807, 2.05) is 6.92 Å². The predicted octanol–water partition coefficient (Wildman–Crippen LogP) is 1.56. The van der Waals surface area contributed by atoms with Crippen molar-refractivity contribution in [3.8, 4) is 0 Å². The lowest BCUT2D eigenvalue weighted by Gasteiger charge is -2.36. The lowest BCUT2D eigenvalue weighted by molar-refractivity contribution is -0.174. The summed E-state index contributed by atoms with van der Waals surface area (Å²) in [6, 6.07) is 0. The molecule has 16 heavy (non-hydrogen) atoms. The zero-order valence-electron chi connectivity index (χ0n) is 10.4. The number of rotatable bonds is 8. The van der Waals surface area contributed by atoms with E-state index in [-0.39, 0.29) is 24.1 Å². The summed E-state index contributed by atoms with van der Waals surface area (Å²) in [7, 11) is 1.61. The standard InChI is InChI=1S/C12H22O4/c1-4-5-9(2)16-11-8-10(13)12(11)15-7-6-14-3/h9,11-12H,4-8H2,1-3H3. The van der Waals surface area contributed by atoms with Gasteiger partial charge in [0.2, 0.25) is 0 Å². The molecular weight excluding hydrogens is 208 g/mol. The summed E-state index contributed by atoms with van der Waals surface area (Å²) in [5.74, 6) is 0.143. The van der Waals surface area contributed by atoms with Crippen molar-refractivity contribution in [1.29, 1.82) is 0 Å². The van der Waals surface area contributed by atoms with Gasteiger partial charge in [-0.3, -0.25) is 4.79 Å². The number of hydrogen-bond donors (Lipinski definition) is 0. The highest BCUT2D eigenvalue weighted by Crippen LogP contribution is 2.25. The molecule has 0 saturated heterocycles. The molecule has 0 aromatic carbocycles. The van der Waals surface area contributed by atoms with Crippen molar-refractivity contribution in [3.63, 3.8) is 0 Å². The van der Waals surface area contributed by atoms with E-state index in [0.717, 1.165) is 12.8 Å². The van der Waals surface area contributed by atoms with E-state index in [1.54, 1.807) is 7.11 Å². The molecule has 0 bridgehead atoms. The summed E-state index contributed by atoms with van der Waals surface area (Å²) in [5, 5.41) is 0. The zero-order chi connectivity index (χ0) is 12.0. The Labute approximate surface area is 97.2 Å². The van der Waals surface area contributed by atoms with Crippen LogP contribution in [0.5, 0.6) is 0 Å². The molecule has 3 atom stereocenters. The summed E-state index contributed by atoms with van der Waals surface area (Å²) in [6.45, 7) is 5.13. The Morgan fingerprint density at radius 1 is 1.44 bits per heavy atom. The molecule has 94 valence electrons. The number of hydrogen-bond acceptors (Lipinski definition) is 4. The topological polar surface area (TPSA) is 44.8 Å². The highest BCUT2D eigenvalue weighted by Gasteiger charge is 2.42. The van der Waals surface area contributed by atoms with E-state index in [1.165, 1.54) is 0 Å². The minimum Gasteiger partial charge on any atom is -0.382 e. The molecule has 1 aliphatic rings. The molecule has 0 aliphatic heterocycles. The molecule has 0 aromatic rings.